The zero-order valence-electron chi connectivity index (χ0n) is 11.7. The minimum Gasteiger partial charge on any atom is -0.480 e. The first-order valence-electron chi connectivity index (χ1n) is 7.36. The minimum absolute atomic E-state index is 0.0700. The second-order valence-corrected chi connectivity index (χ2v) is 6.46. The summed E-state index contributed by atoms with van der Waals surface area (Å²) in [6, 6.07) is 7.46. The summed E-state index contributed by atoms with van der Waals surface area (Å²) in [4.78, 5) is 23.9. The fourth-order valence-corrected chi connectivity index (χ4v) is 4.04. The maximum atomic E-state index is 12.5. The number of ketones is 1. The van der Waals surface area contributed by atoms with E-state index in [0.717, 1.165) is 12.8 Å². The fourth-order valence-electron chi connectivity index (χ4n) is 3.66. The van der Waals surface area contributed by atoms with Crippen LogP contribution < -0.4 is 0 Å². The number of Topliss-reactive ketones (excluding diaryl/α,β-unsaturated/α-hetero) is 1. The molecule has 1 aliphatic heterocycles. The maximum Gasteiger partial charge on any atom is 0.322 e. The first-order chi connectivity index (χ1) is 10.1. The summed E-state index contributed by atoms with van der Waals surface area (Å²) >= 11 is 4.17. The van der Waals surface area contributed by atoms with E-state index in [4.69, 9.17) is 0 Å². The molecule has 0 radical (unpaired) electrons. The summed E-state index contributed by atoms with van der Waals surface area (Å²) in [6.07, 6.45) is 3.04. The van der Waals surface area contributed by atoms with Crippen LogP contribution in [-0.2, 0) is 16.0 Å². The van der Waals surface area contributed by atoms with E-state index in [0.29, 0.717) is 19.4 Å². The van der Waals surface area contributed by atoms with Gasteiger partial charge in [0, 0.05) is 18.9 Å². The molecule has 0 saturated carbocycles. The lowest BCUT2D eigenvalue weighted by Gasteiger charge is -2.20. The number of hydrogen-bond acceptors (Lipinski definition) is 4. The van der Waals surface area contributed by atoms with E-state index in [1.54, 1.807) is 0 Å². The molecule has 0 spiro atoms. The van der Waals surface area contributed by atoms with Gasteiger partial charge in [0.25, 0.3) is 0 Å². The first kappa shape index (κ1) is 14.6. The number of hydrogen-bond donors (Lipinski definition) is 2. The zero-order valence-corrected chi connectivity index (χ0v) is 12.6. The Kier molecular flexibility index (Phi) is 4.04. The number of aliphatic carboxylic acids is 1. The molecule has 4 nitrogen and oxygen atoms in total. The van der Waals surface area contributed by atoms with Gasteiger partial charge in [0.15, 0.2) is 0 Å². The van der Waals surface area contributed by atoms with Crippen molar-refractivity contribution in [2.24, 2.45) is 5.92 Å². The Balaban J connectivity index is 1.72. The molecule has 1 saturated heterocycles. The number of nitrogens with zero attached hydrogens (tertiary/aromatic N) is 1. The van der Waals surface area contributed by atoms with Crippen LogP contribution in [0.3, 0.4) is 0 Å². The predicted octanol–water partition coefficient (Wildman–Crippen LogP) is 2.30. The van der Waals surface area contributed by atoms with Gasteiger partial charge in [0.05, 0.1) is 0 Å². The van der Waals surface area contributed by atoms with Crippen molar-refractivity contribution in [1.29, 1.82) is 0 Å². The van der Waals surface area contributed by atoms with Crippen molar-refractivity contribution in [3.8, 4) is 0 Å². The molecule has 2 aliphatic rings. The molecule has 1 aromatic rings. The molecule has 3 atom stereocenters. The number of carbonyl (C=O) groups is 2. The van der Waals surface area contributed by atoms with Crippen LogP contribution in [0.1, 0.15) is 36.3 Å². The Morgan fingerprint density at radius 1 is 1.29 bits per heavy atom. The summed E-state index contributed by atoms with van der Waals surface area (Å²) < 4.78 is 1.48. The highest BCUT2D eigenvalue weighted by Crippen LogP contribution is 2.37. The molecular formula is C16H19NO3S. The number of carbonyl (C=O) groups excluding carboxylic acids is 1. The smallest absolute Gasteiger partial charge is 0.322 e. The van der Waals surface area contributed by atoms with Crippen LogP contribution in [0.2, 0.25) is 0 Å². The van der Waals surface area contributed by atoms with Crippen LogP contribution in [0.25, 0.3) is 0 Å². The fraction of sp³-hybridized carbons (Fsp3) is 0.500. The lowest BCUT2D eigenvalue weighted by Crippen LogP contribution is -2.37. The van der Waals surface area contributed by atoms with E-state index >= 15 is 0 Å². The van der Waals surface area contributed by atoms with Crippen LogP contribution in [0.4, 0.5) is 0 Å². The third-order valence-electron chi connectivity index (χ3n) is 4.74. The summed E-state index contributed by atoms with van der Waals surface area (Å²) in [5, 5.41) is 9.28. The van der Waals surface area contributed by atoms with Crippen LogP contribution in [0.15, 0.2) is 24.3 Å². The summed E-state index contributed by atoms with van der Waals surface area (Å²) in [7, 11) is 0. The van der Waals surface area contributed by atoms with Gasteiger partial charge in [-0.3, -0.25) is 9.59 Å². The quantitative estimate of drug-likeness (QED) is 0.838. The third kappa shape index (κ3) is 2.72. The Labute approximate surface area is 129 Å². The normalized spacial score (nSPS) is 28.5. The van der Waals surface area contributed by atoms with Crippen molar-refractivity contribution in [3.05, 3.63) is 35.4 Å². The molecule has 3 rings (SSSR count). The number of aryl methyl sites for hydroxylation is 1. The third-order valence-corrected chi connectivity index (χ3v) is 5.19. The van der Waals surface area contributed by atoms with E-state index < -0.39 is 17.9 Å². The molecule has 1 heterocycles. The number of thiol groups is 1. The lowest BCUT2D eigenvalue weighted by molar-refractivity contribution is -0.144. The minimum atomic E-state index is -0.951. The Bertz CT molecular complexity index is 574. The Morgan fingerprint density at radius 2 is 2.05 bits per heavy atom. The van der Waals surface area contributed by atoms with Gasteiger partial charge in [0.2, 0.25) is 0 Å². The molecule has 0 bridgehead atoms. The maximum absolute atomic E-state index is 12.5. The highest BCUT2D eigenvalue weighted by atomic mass is 32.1. The molecule has 0 aromatic heterocycles. The molecule has 1 fully saturated rings. The van der Waals surface area contributed by atoms with Crippen molar-refractivity contribution in [3.63, 3.8) is 0 Å². The molecule has 112 valence electrons. The first-order valence-corrected chi connectivity index (χ1v) is 7.76. The summed E-state index contributed by atoms with van der Waals surface area (Å²) in [5.74, 6) is -1.06. The number of rotatable bonds is 4. The molecule has 0 amide bonds. The van der Waals surface area contributed by atoms with Crippen LogP contribution >= 0.6 is 12.8 Å². The SMILES string of the molecule is O=C(CC1CCc2ccccc21)C1CCN(S)[C@@H]1C(=O)O. The molecule has 1 aliphatic carbocycles. The van der Waals surface area contributed by atoms with Crippen LogP contribution in [0.5, 0.6) is 0 Å². The molecule has 1 aromatic carbocycles. The van der Waals surface area contributed by atoms with Crippen molar-refractivity contribution in [1.82, 2.24) is 4.31 Å². The number of fused-ring (bicyclic) bond motifs is 1. The van der Waals surface area contributed by atoms with Gasteiger partial charge in [-0.2, -0.15) is 0 Å². The standard InChI is InChI=1S/C16H19NO3S/c18-14(13-7-8-17(21)15(13)16(19)20)9-11-6-5-10-3-1-2-4-12(10)11/h1-4,11,13,15,21H,5-9H2,(H,19,20)/t11?,13?,15-/m0/s1. The topological polar surface area (TPSA) is 57.6 Å². The van der Waals surface area contributed by atoms with E-state index in [1.807, 2.05) is 12.1 Å². The monoisotopic (exact) mass is 305 g/mol. The second kappa shape index (κ2) is 5.81. The van der Waals surface area contributed by atoms with Gasteiger partial charge in [-0.15, -0.1) is 0 Å². The second-order valence-electron chi connectivity index (χ2n) is 5.95. The molecule has 1 N–H and O–H groups in total. The summed E-state index contributed by atoms with van der Waals surface area (Å²) in [5.41, 5.74) is 2.59. The number of carboxylic acid groups (broad SMARTS) is 1. The van der Waals surface area contributed by atoms with Crippen molar-refractivity contribution >= 4 is 24.6 Å². The van der Waals surface area contributed by atoms with Gasteiger partial charge in [-0.1, -0.05) is 37.1 Å². The van der Waals surface area contributed by atoms with E-state index in [1.165, 1.54) is 15.4 Å². The molecule has 21 heavy (non-hydrogen) atoms. The Hall–Kier alpha value is -1.33. The van der Waals surface area contributed by atoms with Gasteiger partial charge in [0.1, 0.15) is 11.8 Å². The average molecular weight is 305 g/mol. The predicted molar refractivity (Wildman–Crippen MR) is 82.4 cm³/mol. The van der Waals surface area contributed by atoms with Crippen molar-refractivity contribution in [2.75, 3.05) is 6.54 Å². The zero-order chi connectivity index (χ0) is 15.0. The van der Waals surface area contributed by atoms with Crippen LogP contribution in [-0.4, -0.2) is 33.8 Å². The Morgan fingerprint density at radius 3 is 2.81 bits per heavy atom. The average Bonchev–Trinajstić information content (AvgIpc) is 3.03. The highest BCUT2D eigenvalue weighted by Gasteiger charge is 2.42. The van der Waals surface area contributed by atoms with Crippen molar-refractivity contribution < 1.29 is 14.7 Å². The van der Waals surface area contributed by atoms with Gasteiger partial charge < -0.3 is 5.11 Å². The van der Waals surface area contributed by atoms with Gasteiger partial charge >= 0.3 is 5.97 Å². The van der Waals surface area contributed by atoms with Crippen molar-refractivity contribution in [2.45, 2.75) is 37.6 Å². The van der Waals surface area contributed by atoms with Gasteiger partial charge in [-0.05, 0) is 36.3 Å². The molecular weight excluding hydrogens is 286 g/mol. The highest BCUT2D eigenvalue weighted by molar-refractivity contribution is 7.77. The lowest BCUT2D eigenvalue weighted by atomic mass is 9.87. The number of carboxylic acids is 1. The number of benzene rings is 1. The summed E-state index contributed by atoms with van der Waals surface area (Å²) in [6.45, 7) is 0.553. The van der Waals surface area contributed by atoms with E-state index in [-0.39, 0.29) is 11.7 Å². The molecule has 5 heteroatoms. The molecule has 2 unspecified atom stereocenters. The van der Waals surface area contributed by atoms with E-state index in [2.05, 4.69) is 24.9 Å². The van der Waals surface area contributed by atoms with Gasteiger partial charge in [-0.25, -0.2) is 4.31 Å². The largest absolute Gasteiger partial charge is 0.480 e. The van der Waals surface area contributed by atoms with E-state index in [9.17, 15) is 14.7 Å². The van der Waals surface area contributed by atoms with Crippen LogP contribution in [0, 0.1) is 5.92 Å².